The average Bonchev–Trinajstić information content (AvgIpc) is 2.73. The number of benzene rings is 1. The highest BCUT2D eigenvalue weighted by atomic mass is 15.2. The van der Waals surface area contributed by atoms with E-state index in [1.54, 1.807) is 0 Å². The average molecular weight is 288 g/mol. The Labute approximate surface area is 130 Å². The van der Waals surface area contributed by atoms with Gasteiger partial charge in [-0.3, -0.25) is 0 Å². The van der Waals surface area contributed by atoms with E-state index < -0.39 is 0 Å². The Balaban J connectivity index is 1.91. The Morgan fingerprint density at radius 1 is 1.24 bits per heavy atom. The van der Waals surface area contributed by atoms with E-state index >= 15 is 0 Å². The van der Waals surface area contributed by atoms with Crippen LogP contribution in [0.1, 0.15) is 52.5 Å². The van der Waals surface area contributed by atoms with Crippen molar-refractivity contribution in [1.82, 2.24) is 0 Å². The summed E-state index contributed by atoms with van der Waals surface area (Å²) in [4.78, 5) is 2.59. The van der Waals surface area contributed by atoms with Gasteiger partial charge in [0.1, 0.15) is 0 Å². The van der Waals surface area contributed by atoms with Crippen molar-refractivity contribution in [2.24, 2.45) is 17.1 Å². The molecular weight excluding hydrogens is 256 g/mol. The van der Waals surface area contributed by atoms with Crippen molar-refractivity contribution >= 4 is 5.69 Å². The van der Waals surface area contributed by atoms with E-state index in [-0.39, 0.29) is 0 Å². The van der Waals surface area contributed by atoms with Crippen LogP contribution >= 0.6 is 0 Å². The van der Waals surface area contributed by atoms with Crippen LogP contribution in [0.15, 0.2) is 24.3 Å². The topological polar surface area (TPSA) is 29.3 Å². The Bertz CT molecular complexity index is 447. The van der Waals surface area contributed by atoms with Crippen molar-refractivity contribution in [3.05, 3.63) is 29.8 Å². The zero-order chi connectivity index (χ0) is 15.5. The van der Waals surface area contributed by atoms with Gasteiger partial charge in [0, 0.05) is 18.3 Å². The van der Waals surface area contributed by atoms with E-state index in [2.05, 4.69) is 56.9 Å². The molecule has 118 valence electrons. The second kappa shape index (κ2) is 6.83. The Morgan fingerprint density at radius 3 is 2.62 bits per heavy atom. The third kappa shape index (κ3) is 4.00. The maximum absolute atomic E-state index is 5.79. The highest BCUT2D eigenvalue weighted by molar-refractivity contribution is 5.59. The minimum atomic E-state index is 0.369. The summed E-state index contributed by atoms with van der Waals surface area (Å²) in [5.74, 6) is 0.732. The summed E-state index contributed by atoms with van der Waals surface area (Å²) in [6.07, 6.45) is 4.89. The second-order valence-corrected chi connectivity index (χ2v) is 7.66. The zero-order valence-corrected chi connectivity index (χ0v) is 14.2. The molecule has 2 atom stereocenters. The highest BCUT2D eigenvalue weighted by Gasteiger charge is 2.27. The number of rotatable bonds is 6. The number of anilines is 1. The molecule has 0 spiro atoms. The molecule has 2 N–H and O–H groups in total. The van der Waals surface area contributed by atoms with Crippen LogP contribution in [-0.2, 0) is 6.42 Å². The molecule has 1 heterocycles. The third-order valence-corrected chi connectivity index (χ3v) is 5.04. The third-order valence-electron chi connectivity index (χ3n) is 5.04. The van der Waals surface area contributed by atoms with Gasteiger partial charge in [-0.2, -0.15) is 0 Å². The first-order chi connectivity index (χ1) is 9.93. The number of para-hydroxylation sites is 1. The molecular formula is C19H32N2. The molecule has 0 fully saturated rings. The predicted octanol–water partition coefficient (Wildman–Crippen LogP) is 4.23. The molecule has 1 aromatic rings. The molecule has 0 radical (unpaired) electrons. The van der Waals surface area contributed by atoms with Gasteiger partial charge in [0.2, 0.25) is 0 Å². The molecule has 0 aromatic heterocycles. The van der Waals surface area contributed by atoms with Crippen LogP contribution in [0.5, 0.6) is 0 Å². The summed E-state index contributed by atoms with van der Waals surface area (Å²) in [6.45, 7) is 11.4. The zero-order valence-electron chi connectivity index (χ0n) is 14.2. The summed E-state index contributed by atoms with van der Waals surface area (Å²) in [7, 11) is 0. The Morgan fingerprint density at radius 2 is 1.95 bits per heavy atom. The molecule has 0 aliphatic carbocycles. The van der Waals surface area contributed by atoms with Gasteiger partial charge in [0.05, 0.1) is 0 Å². The smallest absolute Gasteiger partial charge is 0.0402 e. The fourth-order valence-electron chi connectivity index (χ4n) is 3.69. The summed E-state index contributed by atoms with van der Waals surface area (Å²) in [6, 6.07) is 9.52. The van der Waals surface area contributed by atoms with Crippen LogP contribution in [0.25, 0.3) is 0 Å². The van der Waals surface area contributed by atoms with E-state index in [0.717, 1.165) is 18.9 Å². The fraction of sp³-hybridized carbons (Fsp3) is 0.684. The van der Waals surface area contributed by atoms with Crippen molar-refractivity contribution in [3.8, 4) is 0 Å². The fourth-order valence-corrected chi connectivity index (χ4v) is 3.69. The van der Waals surface area contributed by atoms with Crippen LogP contribution < -0.4 is 10.6 Å². The molecule has 0 bridgehead atoms. The lowest BCUT2D eigenvalue weighted by Gasteiger charge is -2.32. The molecule has 2 heteroatoms. The van der Waals surface area contributed by atoms with Crippen molar-refractivity contribution in [2.75, 3.05) is 18.0 Å². The van der Waals surface area contributed by atoms with Crippen LogP contribution in [0.2, 0.25) is 0 Å². The normalized spacial score (nSPS) is 19.7. The highest BCUT2D eigenvalue weighted by Crippen LogP contribution is 2.34. The first-order valence-electron chi connectivity index (χ1n) is 8.48. The van der Waals surface area contributed by atoms with Crippen LogP contribution in [0, 0.1) is 11.3 Å². The minimum Gasteiger partial charge on any atom is -0.368 e. The Hall–Kier alpha value is -1.02. The molecule has 2 unspecified atom stereocenters. The number of hydrogen-bond donors (Lipinski definition) is 1. The lowest BCUT2D eigenvalue weighted by atomic mass is 9.76. The van der Waals surface area contributed by atoms with E-state index in [4.69, 9.17) is 5.73 Å². The first-order valence-corrected chi connectivity index (χ1v) is 8.48. The van der Waals surface area contributed by atoms with Crippen molar-refractivity contribution in [3.63, 3.8) is 0 Å². The lowest BCUT2D eigenvalue weighted by molar-refractivity contribution is 0.211. The van der Waals surface area contributed by atoms with Gasteiger partial charge in [0.25, 0.3) is 0 Å². The van der Waals surface area contributed by atoms with Gasteiger partial charge in [-0.15, -0.1) is 0 Å². The van der Waals surface area contributed by atoms with Crippen LogP contribution in [-0.4, -0.2) is 19.1 Å². The molecule has 1 aliphatic rings. The Kier molecular flexibility index (Phi) is 5.32. The standard InChI is InChI=1S/C19H32N2/c1-15-14-16-8-5-6-10-18(16)21(15)13-7-9-17(11-12-20)19(2,3)4/h5-6,8,10,15,17H,7,9,11-14,20H2,1-4H3. The van der Waals surface area contributed by atoms with Gasteiger partial charge in [-0.05, 0) is 62.1 Å². The second-order valence-electron chi connectivity index (χ2n) is 7.66. The minimum absolute atomic E-state index is 0.369. The lowest BCUT2D eigenvalue weighted by Crippen LogP contribution is -2.31. The summed E-state index contributed by atoms with van der Waals surface area (Å²) < 4.78 is 0. The molecule has 2 nitrogen and oxygen atoms in total. The van der Waals surface area contributed by atoms with Gasteiger partial charge < -0.3 is 10.6 Å². The first kappa shape index (κ1) is 16.4. The van der Waals surface area contributed by atoms with Crippen LogP contribution in [0.3, 0.4) is 0 Å². The van der Waals surface area contributed by atoms with Crippen molar-refractivity contribution in [1.29, 1.82) is 0 Å². The summed E-state index contributed by atoms with van der Waals surface area (Å²) in [5.41, 5.74) is 9.13. The maximum Gasteiger partial charge on any atom is 0.0402 e. The number of hydrogen-bond acceptors (Lipinski definition) is 2. The van der Waals surface area contributed by atoms with Crippen LogP contribution in [0.4, 0.5) is 5.69 Å². The van der Waals surface area contributed by atoms with E-state index in [1.165, 1.54) is 37.1 Å². The quantitative estimate of drug-likeness (QED) is 0.849. The molecule has 21 heavy (non-hydrogen) atoms. The van der Waals surface area contributed by atoms with Gasteiger partial charge in [-0.25, -0.2) is 0 Å². The van der Waals surface area contributed by atoms with E-state index in [0.29, 0.717) is 11.5 Å². The van der Waals surface area contributed by atoms with Gasteiger partial charge in [-0.1, -0.05) is 39.0 Å². The molecule has 1 aromatic carbocycles. The summed E-state index contributed by atoms with van der Waals surface area (Å²) in [5, 5.41) is 0. The molecule has 1 aliphatic heterocycles. The SMILES string of the molecule is CC1Cc2ccccc2N1CCCC(CCN)C(C)(C)C. The van der Waals surface area contributed by atoms with Crippen molar-refractivity contribution < 1.29 is 0 Å². The summed E-state index contributed by atoms with van der Waals surface area (Å²) >= 11 is 0. The van der Waals surface area contributed by atoms with Gasteiger partial charge >= 0.3 is 0 Å². The van der Waals surface area contributed by atoms with E-state index in [9.17, 15) is 0 Å². The van der Waals surface area contributed by atoms with Crippen molar-refractivity contribution in [2.45, 2.75) is 59.4 Å². The predicted molar refractivity (Wildman–Crippen MR) is 92.8 cm³/mol. The monoisotopic (exact) mass is 288 g/mol. The largest absolute Gasteiger partial charge is 0.368 e. The molecule has 0 saturated carbocycles. The number of fused-ring (bicyclic) bond motifs is 1. The van der Waals surface area contributed by atoms with E-state index in [1.807, 2.05) is 0 Å². The molecule has 0 saturated heterocycles. The number of nitrogens with zero attached hydrogens (tertiary/aromatic N) is 1. The number of nitrogens with two attached hydrogens (primary N) is 1. The van der Waals surface area contributed by atoms with Gasteiger partial charge in [0.15, 0.2) is 0 Å². The molecule has 2 rings (SSSR count). The maximum atomic E-state index is 5.79. The molecule has 0 amide bonds.